The Morgan fingerprint density at radius 1 is 1.12 bits per heavy atom. The third-order valence-corrected chi connectivity index (χ3v) is 4.58. The largest absolute Gasteiger partial charge is 0.449 e. The number of esters is 1. The van der Waals surface area contributed by atoms with Crippen molar-refractivity contribution < 1.29 is 19.1 Å². The number of hydrogen-bond acceptors (Lipinski definition) is 5. The smallest absolute Gasteiger partial charge is 0.339 e. The molecule has 1 N–H and O–H groups in total. The third kappa shape index (κ3) is 3.71. The first-order chi connectivity index (χ1) is 11.6. The molecule has 6 heteroatoms. The first kappa shape index (κ1) is 16.4. The normalized spacial score (nSPS) is 14.7. The first-order valence-electron chi connectivity index (χ1n) is 7.75. The molecule has 1 aliphatic carbocycles. The summed E-state index contributed by atoms with van der Waals surface area (Å²) in [5.41, 5.74) is 0.446. The molecule has 0 aliphatic heterocycles. The summed E-state index contributed by atoms with van der Waals surface area (Å²) in [5.74, 6) is -1.21. The summed E-state index contributed by atoms with van der Waals surface area (Å²) in [6, 6.07) is 10.2. The zero-order valence-corrected chi connectivity index (χ0v) is 14.0. The highest BCUT2D eigenvalue weighted by molar-refractivity contribution is 7.12. The van der Waals surface area contributed by atoms with Gasteiger partial charge in [-0.15, -0.1) is 11.3 Å². The summed E-state index contributed by atoms with van der Waals surface area (Å²) >= 11 is 1.31. The maximum atomic E-state index is 12.5. The number of rotatable bonds is 6. The van der Waals surface area contributed by atoms with Crippen LogP contribution in [0.1, 0.15) is 45.4 Å². The highest BCUT2D eigenvalue weighted by Gasteiger charge is 2.28. The Morgan fingerprint density at radius 3 is 2.46 bits per heavy atom. The molecule has 0 saturated heterocycles. The van der Waals surface area contributed by atoms with E-state index in [1.807, 2.05) is 0 Å². The second-order valence-corrected chi connectivity index (χ2v) is 6.63. The van der Waals surface area contributed by atoms with Crippen LogP contribution in [0.25, 0.3) is 0 Å². The Kier molecular flexibility index (Phi) is 4.76. The van der Waals surface area contributed by atoms with Gasteiger partial charge >= 0.3 is 5.97 Å². The van der Waals surface area contributed by atoms with Gasteiger partial charge in [0.25, 0.3) is 5.91 Å². The van der Waals surface area contributed by atoms with Crippen molar-refractivity contribution in [2.75, 3.05) is 0 Å². The number of carbonyl (C=O) groups is 3. The summed E-state index contributed by atoms with van der Waals surface area (Å²) in [4.78, 5) is 37.4. The second-order valence-electron chi connectivity index (χ2n) is 5.68. The van der Waals surface area contributed by atoms with E-state index in [0.717, 1.165) is 12.8 Å². The molecule has 1 amide bonds. The Hall–Kier alpha value is -2.47. The quantitative estimate of drug-likeness (QED) is 0.647. The molecule has 1 fully saturated rings. The van der Waals surface area contributed by atoms with Gasteiger partial charge < -0.3 is 10.1 Å². The first-order valence-corrected chi connectivity index (χ1v) is 8.63. The van der Waals surface area contributed by atoms with Crippen LogP contribution in [0, 0.1) is 0 Å². The van der Waals surface area contributed by atoms with E-state index in [1.165, 1.54) is 24.3 Å². The molecule has 1 heterocycles. The summed E-state index contributed by atoms with van der Waals surface area (Å²) in [7, 11) is 0. The van der Waals surface area contributed by atoms with Crippen molar-refractivity contribution in [2.24, 2.45) is 0 Å². The van der Waals surface area contributed by atoms with Gasteiger partial charge in [0.1, 0.15) is 0 Å². The lowest BCUT2D eigenvalue weighted by atomic mass is 10.0. The van der Waals surface area contributed by atoms with Gasteiger partial charge in [-0.3, -0.25) is 9.59 Å². The van der Waals surface area contributed by atoms with Crippen molar-refractivity contribution in [1.29, 1.82) is 0 Å². The lowest BCUT2D eigenvalue weighted by molar-refractivity contribution is -0.129. The van der Waals surface area contributed by atoms with Crippen molar-refractivity contribution in [2.45, 2.75) is 31.9 Å². The molecule has 1 aromatic heterocycles. The van der Waals surface area contributed by atoms with Gasteiger partial charge in [-0.2, -0.15) is 0 Å². The third-order valence-electron chi connectivity index (χ3n) is 3.71. The van der Waals surface area contributed by atoms with E-state index in [9.17, 15) is 14.4 Å². The molecule has 0 spiro atoms. The summed E-state index contributed by atoms with van der Waals surface area (Å²) in [6.45, 7) is 1.53. The number of ketones is 1. The molecule has 1 aromatic carbocycles. The molecule has 2 aromatic rings. The predicted molar refractivity (Wildman–Crippen MR) is 90.2 cm³/mol. The Labute approximate surface area is 143 Å². The van der Waals surface area contributed by atoms with Gasteiger partial charge in [-0.1, -0.05) is 24.3 Å². The van der Waals surface area contributed by atoms with Crippen LogP contribution < -0.4 is 5.32 Å². The molecule has 5 nitrogen and oxygen atoms in total. The molecule has 24 heavy (non-hydrogen) atoms. The van der Waals surface area contributed by atoms with Crippen LogP contribution >= 0.6 is 11.3 Å². The fourth-order valence-corrected chi connectivity index (χ4v) is 2.90. The average Bonchev–Trinajstić information content (AvgIpc) is 3.23. The SMILES string of the molecule is CC(OC(=O)c1ccccc1C(=O)c1cccs1)C(=O)NC1CC1. The zero-order chi connectivity index (χ0) is 17.1. The topological polar surface area (TPSA) is 72.5 Å². The molecule has 1 unspecified atom stereocenters. The summed E-state index contributed by atoms with van der Waals surface area (Å²) in [5, 5.41) is 4.59. The molecule has 1 atom stereocenters. The lowest BCUT2D eigenvalue weighted by Gasteiger charge is -2.14. The molecule has 0 radical (unpaired) electrons. The molecular weight excluding hydrogens is 326 g/mol. The zero-order valence-electron chi connectivity index (χ0n) is 13.2. The van der Waals surface area contributed by atoms with Gasteiger partial charge in [-0.25, -0.2) is 4.79 Å². The predicted octanol–water partition coefficient (Wildman–Crippen LogP) is 2.80. The van der Waals surface area contributed by atoms with Crippen LogP contribution in [0.4, 0.5) is 0 Å². The van der Waals surface area contributed by atoms with Gasteiger partial charge in [0, 0.05) is 11.6 Å². The monoisotopic (exact) mass is 343 g/mol. The minimum Gasteiger partial charge on any atom is -0.449 e. The van der Waals surface area contributed by atoms with Crippen LogP contribution in [-0.2, 0) is 9.53 Å². The van der Waals surface area contributed by atoms with E-state index in [4.69, 9.17) is 4.74 Å². The Balaban J connectivity index is 1.75. The number of benzene rings is 1. The summed E-state index contributed by atoms with van der Waals surface area (Å²) in [6.07, 6.45) is 1.03. The van der Waals surface area contributed by atoms with Crippen molar-refractivity contribution >= 4 is 29.0 Å². The number of nitrogens with one attached hydrogen (secondary N) is 1. The molecule has 0 bridgehead atoms. The van der Waals surface area contributed by atoms with E-state index in [1.54, 1.807) is 35.7 Å². The van der Waals surface area contributed by atoms with Gasteiger partial charge in [0.15, 0.2) is 6.10 Å². The number of thiophene rings is 1. The molecule has 1 saturated carbocycles. The van der Waals surface area contributed by atoms with Crippen LogP contribution in [0.5, 0.6) is 0 Å². The molecule has 124 valence electrons. The highest BCUT2D eigenvalue weighted by Crippen LogP contribution is 2.21. The minimum atomic E-state index is -0.900. The fourth-order valence-electron chi connectivity index (χ4n) is 2.22. The van der Waals surface area contributed by atoms with Gasteiger partial charge in [0.2, 0.25) is 5.78 Å². The van der Waals surface area contributed by atoms with Crippen molar-refractivity contribution in [3.8, 4) is 0 Å². The maximum absolute atomic E-state index is 12.5. The van der Waals surface area contributed by atoms with Gasteiger partial charge in [0.05, 0.1) is 10.4 Å². The molecular formula is C18H17NO4S. The minimum absolute atomic E-state index is 0.168. The molecule has 1 aliphatic rings. The van der Waals surface area contributed by atoms with E-state index in [-0.39, 0.29) is 28.9 Å². The summed E-state index contributed by atoms with van der Waals surface area (Å²) < 4.78 is 5.24. The standard InChI is InChI=1S/C18H17NO4S/c1-11(17(21)19-12-8-9-12)23-18(22)14-6-3-2-5-13(14)16(20)15-7-4-10-24-15/h2-7,10-12H,8-9H2,1H3,(H,19,21). The highest BCUT2D eigenvalue weighted by atomic mass is 32.1. The van der Waals surface area contributed by atoms with Crippen molar-refractivity contribution in [3.05, 3.63) is 57.8 Å². The number of carbonyl (C=O) groups excluding carboxylic acids is 3. The molecule has 3 rings (SSSR count). The maximum Gasteiger partial charge on any atom is 0.339 e. The van der Waals surface area contributed by atoms with E-state index in [2.05, 4.69) is 5.32 Å². The Bertz CT molecular complexity index is 765. The van der Waals surface area contributed by atoms with Crippen molar-refractivity contribution in [1.82, 2.24) is 5.32 Å². The van der Waals surface area contributed by atoms with Gasteiger partial charge in [-0.05, 0) is 37.3 Å². The van der Waals surface area contributed by atoms with Crippen LogP contribution in [0.3, 0.4) is 0 Å². The van der Waals surface area contributed by atoms with Crippen LogP contribution in [0.15, 0.2) is 41.8 Å². The second kappa shape index (κ2) is 6.97. The number of hydrogen-bond donors (Lipinski definition) is 1. The Morgan fingerprint density at radius 2 is 1.83 bits per heavy atom. The van der Waals surface area contributed by atoms with E-state index < -0.39 is 12.1 Å². The van der Waals surface area contributed by atoms with E-state index >= 15 is 0 Å². The average molecular weight is 343 g/mol. The number of amides is 1. The lowest BCUT2D eigenvalue weighted by Crippen LogP contribution is -2.37. The van der Waals surface area contributed by atoms with Crippen LogP contribution in [-0.4, -0.2) is 29.8 Å². The van der Waals surface area contributed by atoms with E-state index in [0.29, 0.717) is 4.88 Å². The van der Waals surface area contributed by atoms with Crippen LogP contribution in [0.2, 0.25) is 0 Å². The van der Waals surface area contributed by atoms with Crippen molar-refractivity contribution in [3.63, 3.8) is 0 Å². The fraction of sp³-hybridized carbons (Fsp3) is 0.278. The number of ether oxygens (including phenoxy) is 1.